The zero-order chi connectivity index (χ0) is 22.0. The Morgan fingerprint density at radius 3 is 2.74 bits per heavy atom. The van der Waals surface area contributed by atoms with Gasteiger partial charge in [0.1, 0.15) is 16.5 Å². The quantitative estimate of drug-likeness (QED) is 0.415. The van der Waals surface area contributed by atoms with Crippen LogP contribution in [0.2, 0.25) is 0 Å². The highest BCUT2D eigenvalue weighted by Gasteiger charge is 2.27. The van der Waals surface area contributed by atoms with Crippen LogP contribution in [0.25, 0.3) is 0 Å². The van der Waals surface area contributed by atoms with Gasteiger partial charge in [0.25, 0.3) is 5.91 Å². The summed E-state index contributed by atoms with van der Waals surface area (Å²) in [5, 5.41) is 7.39. The maximum atomic E-state index is 12.9. The van der Waals surface area contributed by atoms with Crippen molar-refractivity contribution in [3.63, 3.8) is 0 Å². The topological polar surface area (TPSA) is 94.6 Å². The molecule has 0 atom stereocenters. The largest absolute Gasteiger partial charge is 0.462 e. The number of ether oxygens (including phenoxy) is 1. The van der Waals surface area contributed by atoms with E-state index in [1.807, 2.05) is 13.8 Å². The summed E-state index contributed by atoms with van der Waals surface area (Å²) in [6.45, 7) is 5.80. The molecule has 1 aliphatic carbocycles. The Bertz CT molecular complexity index is 1090. The molecule has 1 aliphatic rings. The first-order valence-corrected chi connectivity index (χ1v) is 11.4. The van der Waals surface area contributed by atoms with Crippen LogP contribution in [0, 0.1) is 13.8 Å². The molecule has 0 aliphatic heterocycles. The summed E-state index contributed by atoms with van der Waals surface area (Å²) in [6.07, 6.45) is 5.52. The first kappa shape index (κ1) is 21.4. The van der Waals surface area contributed by atoms with E-state index < -0.39 is 0 Å². The van der Waals surface area contributed by atoms with E-state index in [2.05, 4.69) is 10.5 Å². The van der Waals surface area contributed by atoms with Gasteiger partial charge in [-0.25, -0.2) is 4.79 Å². The van der Waals surface area contributed by atoms with E-state index in [-0.39, 0.29) is 17.6 Å². The first-order chi connectivity index (χ1) is 15.0. The number of anilines is 1. The summed E-state index contributed by atoms with van der Waals surface area (Å²) in [4.78, 5) is 26.7. The van der Waals surface area contributed by atoms with Gasteiger partial charge in [-0.1, -0.05) is 11.6 Å². The summed E-state index contributed by atoms with van der Waals surface area (Å²) in [6, 6.07) is 3.42. The molecule has 0 saturated carbocycles. The zero-order valence-corrected chi connectivity index (χ0v) is 18.8. The minimum atomic E-state index is -0.382. The predicted molar refractivity (Wildman–Crippen MR) is 117 cm³/mol. The fraction of sp³-hybridized carbons (Fsp3) is 0.435. The molecule has 0 aromatic carbocycles. The minimum Gasteiger partial charge on any atom is -0.462 e. The maximum Gasteiger partial charge on any atom is 0.341 e. The number of carbonyl (C=O) groups excluding carboxylic acids is 2. The lowest BCUT2D eigenvalue weighted by Gasteiger charge is -2.07. The fourth-order valence-electron chi connectivity index (χ4n) is 3.94. The molecule has 164 valence electrons. The summed E-state index contributed by atoms with van der Waals surface area (Å²) < 4.78 is 16.3. The molecule has 0 unspecified atom stereocenters. The standard InChI is InChI=1S/C23H26N2O5S/c1-4-28-23(27)20-16-8-6-5-7-9-19(16)31-22(20)24-21(26)18-11-10-15(29-18)12-17-13(2)25-30-14(17)3/h10-11H,4-9,12H2,1-3H3,(H,24,26). The number of rotatable bonds is 6. The molecule has 3 heterocycles. The molecule has 0 saturated heterocycles. The number of aromatic nitrogens is 1. The van der Waals surface area contributed by atoms with E-state index in [4.69, 9.17) is 13.7 Å². The van der Waals surface area contributed by atoms with Crippen molar-refractivity contribution in [2.45, 2.75) is 59.3 Å². The molecule has 0 fully saturated rings. The number of carbonyl (C=O) groups is 2. The van der Waals surface area contributed by atoms with Gasteiger partial charge in [0.15, 0.2) is 5.76 Å². The average Bonchev–Trinajstić information content (AvgIpc) is 3.38. The first-order valence-electron chi connectivity index (χ1n) is 10.6. The Balaban J connectivity index is 1.56. The molecule has 1 amide bonds. The Labute approximate surface area is 184 Å². The Morgan fingerprint density at radius 2 is 2.00 bits per heavy atom. The third-order valence-corrected chi connectivity index (χ3v) is 6.75. The average molecular weight is 443 g/mol. The van der Waals surface area contributed by atoms with Crippen molar-refractivity contribution in [1.82, 2.24) is 5.16 Å². The van der Waals surface area contributed by atoms with Crippen molar-refractivity contribution in [3.8, 4) is 0 Å². The molecule has 1 N–H and O–H groups in total. The van der Waals surface area contributed by atoms with Crippen LogP contribution in [-0.4, -0.2) is 23.6 Å². The van der Waals surface area contributed by atoms with Gasteiger partial charge in [-0.05, 0) is 64.2 Å². The number of nitrogens with zero attached hydrogens (tertiary/aromatic N) is 1. The lowest BCUT2D eigenvalue weighted by molar-refractivity contribution is 0.0527. The summed E-state index contributed by atoms with van der Waals surface area (Å²) in [5.41, 5.74) is 3.28. The number of thiophene rings is 1. The van der Waals surface area contributed by atoms with Crippen molar-refractivity contribution in [2.75, 3.05) is 11.9 Å². The lowest BCUT2D eigenvalue weighted by Crippen LogP contribution is -2.15. The second kappa shape index (κ2) is 9.09. The van der Waals surface area contributed by atoms with Crippen LogP contribution in [0.15, 0.2) is 21.1 Å². The van der Waals surface area contributed by atoms with Gasteiger partial charge in [0.2, 0.25) is 0 Å². The molecular formula is C23H26N2O5S. The summed E-state index contributed by atoms with van der Waals surface area (Å²) >= 11 is 1.47. The van der Waals surface area contributed by atoms with E-state index >= 15 is 0 Å². The second-order valence-electron chi connectivity index (χ2n) is 7.69. The van der Waals surface area contributed by atoms with Crippen LogP contribution >= 0.6 is 11.3 Å². The Morgan fingerprint density at radius 1 is 1.19 bits per heavy atom. The van der Waals surface area contributed by atoms with Crippen molar-refractivity contribution in [1.29, 1.82) is 0 Å². The van der Waals surface area contributed by atoms with Gasteiger partial charge in [0.05, 0.1) is 17.9 Å². The zero-order valence-electron chi connectivity index (χ0n) is 18.0. The number of nitrogens with one attached hydrogen (secondary N) is 1. The third kappa shape index (κ3) is 4.44. The van der Waals surface area contributed by atoms with Crippen LogP contribution in [0.5, 0.6) is 0 Å². The molecule has 3 aromatic rings. The normalized spacial score (nSPS) is 13.5. The minimum absolute atomic E-state index is 0.195. The SMILES string of the molecule is CCOC(=O)c1c(NC(=O)c2ccc(Cc3c(C)noc3C)o2)sc2c1CCCCC2. The second-order valence-corrected chi connectivity index (χ2v) is 8.79. The van der Waals surface area contributed by atoms with Crippen LogP contribution in [-0.2, 0) is 24.0 Å². The van der Waals surface area contributed by atoms with Crippen LogP contribution < -0.4 is 5.32 Å². The van der Waals surface area contributed by atoms with Crippen molar-refractivity contribution < 1.29 is 23.3 Å². The third-order valence-electron chi connectivity index (χ3n) is 5.55. The molecule has 31 heavy (non-hydrogen) atoms. The highest BCUT2D eigenvalue weighted by molar-refractivity contribution is 7.17. The molecule has 3 aromatic heterocycles. The number of furan rings is 1. The van der Waals surface area contributed by atoms with E-state index in [0.29, 0.717) is 29.4 Å². The van der Waals surface area contributed by atoms with Crippen molar-refractivity contribution in [2.24, 2.45) is 0 Å². The summed E-state index contributed by atoms with van der Waals surface area (Å²) in [7, 11) is 0. The Hall–Kier alpha value is -2.87. The number of hydrogen-bond acceptors (Lipinski definition) is 7. The van der Waals surface area contributed by atoms with Gasteiger partial charge in [-0.15, -0.1) is 11.3 Å². The number of amides is 1. The molecule has 0 bridgehead atoms. The van der Waals surface area contributed by atoms with Gasteiger partial charge < -0.3 is 19.0 Å². The molecule has 4 rings (SSSR count). The van der Waals surface area contributed by atoms with E-state index in [9.17, 15) is 9.59 Å². The fourth-order valence-corrected chi connectivity index (χ4v) is 5.21. The monoisotopic (exact) mass is 442 g/mol. The van der Waals surface area contributed by atoms with Crippen LogP contribution in [0.3, 0.4) is 0 Å². The Kier molecular flexibility index (Phi) is 6.27. The maximum absolute atomic E-state index is 12.9. The van der Waals surface area contributed by atoms with E-state index in [1.54, 1.807) is 19.1 Å². The number of fused-ring (bicyclic) bond motifs is 1. The van der Waals surface area contributed by atoms with E-state index in [0.717, 1.165) is 59.6 Å². The highest BCUT2D eigenvalue weighted by Crippen LogP contribution is 2.38. The van der Waals surface area contributed by atoms with Crippen LogP contribution in [0.4, 0.5) is 5.00 Å². The van der Waals surface area contributed by atoms with Crippen molar-refractivity contribution in [3.05, 3.63) is 56.7 Å². The highest BCUT2D eigenvalue weighted by atomic mass is 32.1. The molecule has 0 radical (unpaired) electrons. The molecular weight excluding hydrogens is 416 g/mol. The van der Waals surface area contributed by atoms with Gasteiger partial charge in [-0.3, -0.25) is 4.79 Å². The number of hydrogen-bond donors (Lipinski definition) is 1. The van der Waals surface area contributed by atoms with Gasteiger partial charge in [0, 0.05) is 16.9 Å². The number of esters is 1. The molecule has 0 spiro atoms. The predicted octanol–water partition coefficient (Wildman–Crippen LogP) is 5.23. The lowest BCUT2D eigenvalue weighted by atomic mass is 10.1. The molecule has 8 heteroatoms. The van der Waals surface area contributed by atoms with Gasteiger partial charge in [-0.2, -0.15) is 0 Å². The molecule has 7 nitrogen and oxygen atoms in total. The smallest absolute Gasteiger partial charge is 0.341 e. The van der Waals surface area contributed by atoms with Crippen molar-refractivity contribution >= 4 is 28.2 Å². The number of aryl methyl sites for hydroxylation is 3. The van der Waals surface area contributed by atoms with Gasteiger partial charge >= 0.3 is 5.97 Å². The van der Waals surface area contributed by atoms with E-state index in [1.165, 1.54) is 11.3 Å². The van der Waals surface area contributed by atoms with Crippen LogP contribution in [0.1, 0.15) is 80.3 Å². The summed E-state index contributed by atoms with van der Waals surface area (Å²) in [5.74, 6) is 0.814.